The predicted octanol–water partition coefficient (Wildman–Crippen LogP) is -0.662. The van der Waals surface area contributed by atoms with E-state index in [-0.39, 0.29) is 12.5 Å². The Labute approximate surface area is 87.3 Å². The van der Waals surface area contributed by atoms with Crippen LogP contribution < -0.4 is 11.2 Å². The highest BCUT2D eigenvalue weighted by Crippen LogP contribution is 2.00. The van der Waals surface area contributed by atoms with Crippen LogP contribution in [-0.2, 0) is 11.3 Å². The molecule has 2 heterocycles. The summed E-state index contributed by atoms with van der Waals surface area (Å²) >= 11 is 0. The highest BCUT2D eigenvalue weighted by molar-refractivity contribution is 5.76. The Morgan fingerprint density at radius 3 is 3.07 bits per heavy atom. The first-order chi connectivity index (χ1) is 7.15. The molecule has 6 heteroatoms. The van der Waals surface area contributed by atoms with E-state index in [1.807, 2.05) is 13.1 Å². The summed E-state index contributed by atoms with van der Waals surface area (Å²) in [6.07, 6.45) is 5.30. The van der Waals surface area contributed by atoms with Gasteiger partial charge < -0.3 is 5.73 Å². The van der Waals surface area contributed by atoms with Gasteiger partial charge in [-0.3, -0.25) is 14.9 Å². The Morgan fingerprint density at radius 2 is 2.53 bits per heavy atom. The number of nitrogens with two attached hydrogens (primary N) is 1. The van der Waals surface area contributed by atoms with Gasteiger partial charge in [0, 0.05) is 6.20 Å². The summed E-state index contributed by atoms with van der Waals surface area (Å²) in [4.78, 5) is 11.7. The standard InChI is InChI=1S/C9H13N5O/c1-7-4-11-13(5-7)6-9(15)14-3-2-8(10)12-14/h2,4-5,12H,3,6,10H2,1H3. The molecule has 15 heavy (non-hydrogen) atoms. The van der Waals surface area contributed by atoms with E-state index < -0.39 is 0 Å². The molecule has 1 amide bonds. The van der Waals surface area contributed by atoms with Gasteiger partial charge in [0.1, 0.15) is 12.4 Å². The lowest BCUT2D eigenvalue weighted by Gasteiger charge is -2.16. The number of hydrogen-bond donors (Lipinski definition) is 2. The topological polar surface area (TPSA) is 76.2 Å². The second-order valence-electron chi connectivity index (χ2n) is 3.49. The molecule has 0 aliphatic carbocycles. The lowest BCUT2D eigenvalue weighted by atomic mass is 10.4. The Kier molecular flexibility index (Phi) is 2.32. The molecule has 1 aromatic heterocycles. The number of hydrogen-bond acceptors (Lipinski definition) is 4. The summed E-state index contributed by atoms with van der Waals surface area (Å²) in [6.45, 7) is 2.66. The highest BCUT2D eigenvalue weighted by atomic mass is 16.2. The van der Waals surface area contributed by atoms with E-state index in [9.17, 15) is 4.79 Å². The predicted molar refractivity (Wildman–Crippen MR) is 54.1 cm³/mol. The van der Waals surface area contributed by atoms with E-state index in [1.165, 1.54) is 5.01 Å². The van der Waals surface area contributed by atoms with Gasteiger partial charge in [-0.25, -0.2) is 5.01 Å². The average molecular weight is 207 g/mol. The van der Waals surface area contributed by atoms with Gasteiger partial charge in [0.2, 0.25) is 0 Å². The summed E-state index contributed by atoms with van der Waals surface area (Å²) in [5.41, 5.74) is 9.29. The van der Waals surface area contributed by atoms with Crippen molar-refractivity contribution in [1.82, 2.24) is 20.2 Å². The molecule has 1 aliphatic heterocycles. The van der Waals surface area contributed by atoms with Gasteiger partial charge in [-0.15, -0.1) is 0 Å². The highest BCUT2D eigenvalue weighted by Gasteiger charge is 2.17. The van der Waals surface area contributed by atoms with Crippen LogP contribution >= 0.6 is 0 Å². The molecule has 0 unspecified atom stereocenters. The normalized spacial score (nSPS) is 15.0. The number of carbonyl (C=O) groups excluding carboxylic acids is 1. The molecule has 2 rings (SSSR count). The molecule has 0 spiro atoms. The third-order valence-corrected chi connectivity index (χ3v) is 2.12. The summed E-state index contributed by atoms with van der Waals surface area (Å²) in [5.74, 6) is 0.454. The monoisotopic (exact) mass is 207 g/mol. The quantitative estimate of drug-likeness (QED) is 0.675. The third kappa shape index (κ3) is 2.09. The molecule has 0 radical (unpaired) electrons. The van der Waals surface area contributed by atoms with Gasteiger partial charge in [0.15, 0.2) is 0 Å². The van der Waals surface area contributed by atoms with Crippen molar-refractivity contribution in [2.75, 3.05) is 6.54 Å². The number of aromatic nitrogens is 2. The molecule has 3 N–H and O–H groups in total. The molecule has 0 saturated heterocycles. The minimum atomic E-state index is -0.0604. The van der Waals surface area contributed by atoms with Crippen LogP contribution in [0.15, 0.2) is 24.3 Å². The molecule has 1 aromatic rings. The molecule has 1 aliphatic rings. The van der Waals surface area contributed by atoms with Crippen molar-refractivity contribution in [3.8, 4) is 0 Å². The molecule has 0 fully saturated rings. The molecule has 80 valence electrons. The van der Waals surface area contributed by atoms with Crippen molar-refractivity contribution >= 4 is 5.91 Å². The zero-order valence-corrected chi connectivity index (χ0v) is 8.47. The van der Waals surface area contributed by atoms with Crippen molar-refractivity contribution < 1.29 is 4.79 Å². The molecular weight excluding hydrogens is 194 g/mol. The first-order valence-electron chi connectivity index (χ1n) is 4.67. The molecule has 0 atom stereocenters. The second kappa shape index (κ2) is 3.64. The van der Waals surface area contributed by atoms with Gasteiger partial charge in [-0.2, -0.15) is 5.10 Å². The SMILES string of the molecule is Cc1cnn(CC(=O)N2CC=C(N)N2)c1. The number of carbonyl (C=O) groups is 1. The Balaban J connectivity index is 1.93. The first kappa shape index (κ1) is 9.57. The number of aryl methyl sites for hydroxylation is 1. The minimum Gasteiger partial charge on any atom is -0.384 e. The lowest BCUT2D eigenvalue weighted by Crippen LogP contribution is -2.41. The number of rotatable bonds is 2. The van der Waals surface area contributed by atoms with Crippen LogP contribution in [0.1, 0.15) is 5.56 Å². The zero-order chi connectivity index (χ0) is 10.8. The van der Waals surface area contributed by atoms with Crippen molar-refractivity contribution in [2.24, 2.45) is 5.73 Å². The van der Waals surface area contributed by atoms with Crippen LogP contribution in [0.3, 0.4) is 0 Å². The van der Waals surface area contributed by atoms with Crippen molar-refractivity contribution in [2.45, 2.75) is 13.5 Å². The van der Waals surface area contributed by atoms with E-state index in [1.54, 1.807) is 17.0 Å². The summed E-state index contributed by atoms with van der Waals surface area (Å²) < 4.78 is 1.61. The van der Waals surface area contributed by atoms with Crippen LogP contribution in [0, 0.1) is 6.92 Å². The van der Waals surface area contributed by atoms with Gasteiger partial charge in [-0.05, 0) is 18.6 Å². The van der Waals surface area contributed by atoms with Crippen LogP contribution in [0.4, 0.5) is 0 Å². The minimum absolute atomic E-state index is 0.0604. The van der Waals surface area contributed by atoms with Crippen LogP contribution in [-0.4, -0.2) is 27.2 Å². The van der Waals surface area contributed by atoms with Crippen LogP contribution in [0.25, 0.3) is 0 Å². The van der Waals surface area contributed by atoms with Gasteiger partial charge in [0.05, 0.1) is 12.7 Å². The zero-order valence-electron chi connectivity index (χ0n) is 8.47. The number of amides is 1. The van der Waals surface area contributed by atoms with E-state index in [2.05, 4.69) is 10.5 Å². The Bertz CT molecular complexity index is 408. The average Bonchev–Trinajstić information content (AvgIpc) is 2.75. The number of hydrazine groups is 1. The van der Waals surface area contributed by atoms with E-state index in [4.69, 9.17) is 5.73 Å². The van der Waals surface area contributed by atoms with Crippen molar-refractivity contribution in [3.05, 3.63) is 29.9 Å². The third-order valence-electron chi connectivity index (χ3n) is 2.12. The molecule has 0 aromatic carbocycles. The van der Waals surface area contributed by atoms with Crippen LogP contribution in [0.2, 0.25) is 0 Å². The maximum atomic E-state index is 11.7. The Morgan fingerprint density at radius 1 is 1.73 bits per heavy atom. The molecule has 0 saturated carbocycles. The Hall–Kier alpha value is -1.98. The second-order valence-corrected chi connectivity index (χ2v) is 3.49. The van der Waals surface area contributed by atoms with Gasteiger partial charge in [-0.1, -0.05) is 0 Å². The largest absolute Gasteiger partial charge is 0.384 e. The molecule has 0 bridgehead atoms. The fraction of sp³-hybridized carbons (Fsp3) is 0.333. The van der Waals surface area contributed by atoms with E-state index >= 15 is 0 Å². The molecular formula is C9H13N5O. The van der Waals surface area contributed by atoms with Crippen molar-refractivity contribution in [3.63, 3.8) is 0 Å². The van der Waals surface area contributed by atoms with E-state index in [0.717, 1.165) is 5.56 Å². The first-order valence-corrected chi connectivity index (χ1v) is 4.67. The van der Waals surface area contributed by atoms with Gasteiger partial charge >= 0.3 is 0 Å². The maximum absolute atomic E-state index is 11.7. The lowest BCUT2D eigenvalue weighted by molar-refractivity contribution is -0.133. The van der Waals surface area contributed by atoms with Crippen molar-refractivity contribution in [1.29, 1.82) is 0 Å². The van der Waals surface area contributed by atoms with E-state index in [0.29, 0.717) is 12.4 Å². The smallest absolute Gasteiger partial charge is 0.262 e. The summed E-state index contributed by atoms with van der Waals surface area (Å²) in [5, 5.41) is 5.50. The van der Waals surface area contributed by atoms with Crippen LogP contribution in [0.5, 0.6) is 0 Å². The number of nitrogens with zero attached hydrogens (tertiary/aromatic N) is 3. The summed E-state index contributed by atoms with van der Waals surface area (Å²) in [7, 11) is 0. The maximum Gasteiger partial charge on any atom is 0.262 e. The van der Waals surface area contributed by atoms with Gasteiger partial charge in [0.25, 0.3) is 5.91 Å². The summed E-state index contributed by atoms with van der Waals surface area (Å²) in [6, 6.07) is 0. The number of nitrogens with one attached hydrogen (secondary N) is 1. The fourth-order valence-corrected chi connectivity index (χ4v) is 1.38. The fourth-order valence-electron chi connectivity index (χ4n) is 1.38. The molecule has 6 nitrogen and oxygen atoms in total.